The van der Waals surface area contributed by atoms with Gasteiger partial charge in [0.15, 0.2) is 0 Å². The van der Waals surface area contributed by atoms with Crippen molar-refractivity contribution in [3.05, 3.63) is 35.4 Å². The Hall–Kier alpha value is -1.35. The third-order valence-corrected chi connectivity index (χ3v) is 4.83. The lowest BCUT2D eigenvalue weighted by Crippen LogP contribution is -2.31. The predicted octanol–water partition coefficient (Wildman–Crippen LogP) is 2.83. The number of carboxylic acids is 1. The Morgan fingerprint density at radius 3 is 2.30 bits per heavy atom. The fraction of sp³-hybridized carbons (Fsp3) is 0.588. The fourth-order valence-corrected chi connectivity index (χ4v) is 3.21. The van der Waals surface area contributed by atoms with E-state index in [0.29, 0.717) is 0 Å². The molecular weight excluding hydrogens is 250 g/mol. The van der Waals surface area contributed by atoms with Crippen LogP contribution in [0.2, 0.25) is 0 Å². The highest BCUT2D eigenvalue weighted by molar-refractivity contribution is 5.84. The minimum atomic E-state index is -0.668. The number of rotatable bonds is 5. The Labute approximate surface area is 120 Å². The lowest BCUT2D eigenvalue weighted by atomic mass is 9.95. The van der Waals surface area contributed by atoms with Crippen LogP contribution in [0.1, 0.15) is 43.2 Å². The van der Waals surface area contributed by atoms with Gasteiger partial charge in [-0.2, -0.15) is 0 Å². The Bertz CT molecular complexity index is 470. The van der Waals surface area contributed by atoms with Crippen LogP contribution >= 0.6 is 0 Å². The van der Waals surface area contributed by atoms with Crippen molar-refractivity contribution in [3.8, 4) is 0 Å². The number of benzene rings is 1. The van der Waals surface area contributed by atoms with Gasteiger partial charge in [-0.15, -0.1) is 0 Å². The Morgan fingerprint density at radius 2 is 1.75 bits per heavy atom. The van der Waals surface area contributed by atoms with E-state index in [-0.39, 0.29) is 0 Å². The summed E-state index contributed by atoms with van der Waals surface area (Å²) in [7, 11) is 0. The molecule has 2 fully saturated rings. The molecule has 108 valence electrons. The van der Waals surface area contributed by atoms with Crippen LogP contribution in [0.15, 0.2) is 24.3 Å². The number of piperidine rings is 1. The molecule has 20 heavy (non-hydrogen) atoms. The van der Waals surface area contributed by atoms with Crippen LogP contribution in [0, 0.1) is 0 Å². The van der Waals surface area contributed by atoms with E-state index in [9.17, 15) is 9.90 Å². The SMILES string of the molecule is O=C(O)C1(c2ccc(CCN3CCCCC3)cc2)CC1. The second-order valence-corrected chi connectivity index (χ2v) is 6.24. The van der Waals surface area contributed by atoms with E-state index in [1.807, 2.05) is 12.1 Å². The maximum Gasteiger partial charge on any atom is 0.314 e. The number of nitrogens with zero attached hydrogens (tertiary/aromatic N) is 1. The molecule has 1 saturated carbocycles. The van der Waals surface area contributed by atoms with Crippen molar-refractivity contribution in [2.75, 3.05) is 19.6 Å². The molecule has 1 saturated heterocycles. The van der Waals surface area contributed by atoms with E-state index >= 15 is 0 Å². The van der Waals surface area contributed by atoms with Crippen molar-refractivity contribution in [1.82, 2.24) is 4.90 Å². The predicted molar refractivity (Wildman–Crippen MR) is 79.0 cm³/mol. The summed E-state index contributed by atoms with van der Waals surface area (Å²) in [4.78, 5) is 13.8. The summed E-state index contributed by atoms with van der Waals surface area (Å²) in [5.74, 6) is -0.668. The van der Waals surface area contributed by atoms with Crippen LogP contribution in [-0.2, 0) is 16.6 Å². The molecule has 3 heteroatoms. The molecule has 0 amide bonds. The van der Waals surface area contributed by atoms with Crippen LogP contribution in [0.3, 0.4) is 0 Å². The maximum absolute atomic E-state index is 11.3. The summed E-state index contributed by atoms with van der Waals surface area (Å²) in [5.41, 5.74) is 1.73. The van der Waals surface area contributed by atoms with Gasteiger partial charge in [0, 0.05) is 6.54 Å². The zero-order valence-electron chi connectivity index (χ0n) is 12.0. The summed E-state index contributed by atoms with van der Waals surface area (Å²) in [6, 6.07) is 8.27. The molecule has 0 spiro atoms. The lowest BCUT2D eigenvalue weighted by molar-refractivity contribution is -0.140. The van der Waals surface area contributed by atoms with Crippen LogP contribution in [-0.4, -0.2) is 35.6 Å². The van der Waals surface area contributed by atoms with Gasteiger partial charge >= 0.3 is 5.97 Å². The second kappa shape index (κ2) is 5.57. The van der Waals surface area contributed by atoms with Gasteiger partial charge in [-0.05, 0) is 56.3 Å². The van der Waals surface area contributed by atoms with Gasteiger partial charge in [0.1, 0.15) is 0 Å². The molecule has 1 aliphatic carbocycles. The topological polar surface area (TPSA) is 40.5 Å². The van der Waals surface area contributed by atoms with Crippen molar-refractivity contribution in [1.29, 1.82) is 0 Å². The fourth-order valence-electron chi connectivity index (χ4n) is 3.21. The molecule has 0 radical (unpaired) electrons. The second-order valence-electron chi connectivity index (χ2n) is 6.24. The molecule has 2 aliphatic rings. The largest absolute Gasteiger partial charge is 0.481 e. The zero-order chi connectivity index (χ0) is 14.0. The number of likely N-dealkylation sites (tertiary alicyclic amines) is 1. The molecule has 1 aromatic carbocycles. The summed E-state index contributed by atoms with van der Waals surface area (Å²) in [6.07, 6.45) is 6.69. The number of hydrogen-bond donors (Lipinski definition) is 1. The summed E-state index contributed by atoms with van der Waals surface area (Å²) >= 11 is 0. The molecule has 0 atom stereocenters. The van der Waals surface area contributed by atoms with Gasteiger partial charge in [-0.3, -0.25) is 4.79 Å². The van der Waals surface area contributed by atoms with Crippen LogP contribution in [0.25, 0.3) is 0 Å². The van der Waals surface area contributed by atoms with Crippen molar-refractivity contribution >= 4 is 5.97 Å². The van der Waals surface area contributed by atoms with Gasteiger partial charge < -0.3 is 10.0 Å². The van der Waals surface area contributed by atoms with Gasteiger partial charge in [0.05, 0.1) is 5.41 Å². The first-order valence-corrected chi connectivity index (χ1v) is 7.76. The van der Waals surface area contributed by atoms with Crippen molar-refractivity contribution in [3.63, 3.8) is 0 Å². The monoisotopic (exact) mass is 273 g/mol. The summed E-state index contributed by atoms with van der Waals surface area (Å²) in [6.45, 7) is 3.60. The van der Waals surface area contributed by atoms with Crippen molar-refractivity contribution in [2.24, 2.45) is 0 Å². The van der Waals surface area contributed by atoms with Gasteiger partial charge in [-0.25, -0.2) is 0 Å². The van der Waals surface area contributed by atoms with Crippen molar-refractivity contribution < 1.29 is 9.90 Å². The minimum absolute atomic E-state index is 0.564. The van der Waals surface area contributed by atoms with Crippen LogP contribution in [0.5, 0.6) is 0 Å². The molecule has 3 nitrogen and oxygen atoms in total. The first-order valence-electron chi connectivity index (χ1n) is 7.76. The van der Waals surface area contributed by atoms with E-state index in [4.69, 9.17) is 0 Å². The van der Waals surface area contributed by atoms with Crippen molar-refractivity contribution in [2.45, 2.75) is 43.9 Å². The number of hydrogen-bond acceptors (Lipinski definition) is 2. The van der Waals surface area contributed by atoms with Gasteiger partial charge in [0.2, 0.25) is 0 Å². The highest BCUT2D eigenvalue weighted by Crippen LogP contribution is 2.48. The average molecular weight is 273 g/mol. The van der Waals surface area contributed by atoms with E-state index in [2.05, 4.69) is 17.0 Å². The van der Waals surface area contributed by atoms with E-state index in [0.717, 1.165) is 31.4 Å². The molecule has 1 aliphatic heterocycles. The average Bonchev–Trinajstić information content (AvgIpc) is 3.28. The van der Waals surface area contributed by atoms with Gasteiger partial charge in [-0.1, -0.05) is 30.7 Å². The van der Waals surface area contributed by atoms with Gasteiger partial charge in [0.25, 0.3) is 0 Å². The first kappa shape index (κ1) is 13.6. The summed E-state index contributed by atoms with van der Waals surface area (Å²) in [5, 5.41) is 9.29. The highest BCUT2D eigenvalue weighted by Gasteiger charge is 2.51. The third kappa shape index (κ3) is 2.73. The lowest BCUT2D eigenvalue weighted by Gasteiger charge is -2.26. The molecular formula is C17H23NO2. The highest BCUT2D eigenvalue weighted by atomic mass is 16.4. The molecule has 1 heterocycles. The third-order valence-electron chi connectivity index (χ3n) is 4.83. The smallest absolute Gasteiger partial charge is 0.314 e. The number of carboxylic acid groups (broad SMARTS) is 1. The quantitative estimate of drug-likeness (QED) is 0.897. The maximum atomic E-state index is 11.3. The number of carbonyl (C=O) groups is 1. The zero-order valence-corrected chi connectivity index (χ0v) is 12.0. The Kier molecular flexibility index (Phi) is 3.79. The van der Waals surface area contributed by atoms with E-state index in [1.165, 1.54) is 37.9 Å². The molecule has 3 rings (SSSR count). The first-order chi connectivity index (χ1) is 9.71. The number of aliphatic carboxylic acids is 1. The normalized spacial score (nSPS) is 21.6. The molecule has 1 N–H and O–H groups in total. The molecule has 0 bridgehead atoms. The van der Waals surface area contributed by atoms with Crippen LogP contribution < -0.4 is 0 Å². The molecule has 1 aromatic rings. The molecule has 0 aromatic heterocycles. The standard InChI is InChI=1S/C17H23NO2/c19-16(20)17(9-10-17)15-6-4-14(5-7-15)8-13-18-11-2-1-3-12-18/h4-7H,1-3,8-13H2,(H,19,20). The molecule has 0 unspecified atom stereocenters. The van der Waals surface area contributed by atoms with E-state index in [1.54, 1.807) is 0 Å². The van der Waals surface area contributed by atoms with Crippen LogP contribution in [0.4, 0.5) is 0 Å². The Morgan fingerprint density at radius 1 is 1.10 bits per heavy atom. The minimum Gasteiger partial charge on any atom is -0.481 e. The summed E-state index contributed by atoms with van der Waals surface area (Å²) < 4.78 is 0. The Balaban J connectivity index is 1.57. The van der Waals surface area contributed by atoms with E-state index < -0.39 is 11.4 Å².